The molecule has 0 radical (unpaired) electrons. The third-order valence-corrected chi connectivity index (χ3v) is 4.31. The van der Waals surface area contributed by atoms with Crippen LogP contribution in [0.25, 0.3) is 0 Å². The maximum Gasteiger partial charge on any atom is 0.345 e. The summed E-state index contributed by atoms with van der Waals surface area (Å²) in [5.74, 6) is 0.828. The van der Waals surface area contributed by atoms with Gasteiger partial charge in [0, 0.05) is 29.6 Å². The van der Waals surface area contributed by atoms with Gasteiger partial charge < -0.3 is 0 Å². The molecular formula is C15H21ClN4OS. The number of carbonyl (C=O) groups is 1. The van der Waals surface area contributed by atoms with Crippen LogP contribution in [0, 0.1) is 0 Å². The molecule has 0 aromatic heterocycles. The molecule has 7 heteroatoms. The lowest BCUT2D eigenvalue weighted by Crippen LogP contribution is -2.32. The molecule has 1 aliphatic heterocycles. The van der Waals surface area contributed by atoms with Crippen molar-refractivity contribution < 1.29 is 4.79 Å². The van der Waals surface area contributed by atoms with Gasteiger partial charge in [-0.15, -0.1) is 0 Å². The van der Waals surface area contributed by atoms with Crippen molar-refractivity contribution in [3.05, 3.63) is 34.9 Å². The van der Waals surface area contributed by atoms with Crippen LogP contribution in [0.15, 0.2) is 29.4 Å². The molecule has 1 atom stereocenters. The van der Waals surface area contributed by atoms with E-state index >= 15 is 0 Å². The van der Waals surface area contributed by atoms with E-state index in [2.05, 4.69) is 20.1 Å². The van der Waals surface area contributed by atoms with Crippen LogP contribution >= 0.6 is 23.5 Å². The zero-order valence-electron chi connectivity index (χ0n) is 12.6. The van der Waals surface area contributed by atoms with Gasteiger partial charge in [0.05, 0.1) is 0 Å². The molecule has 1 heterocycles. The van der Waals surface area contributed by atoms with E-state index in [0.717, 1.165) is 36.7 Å². The molecule has 0 spiro atoms. The normalized spacial score (nSPS) is 18.7. The van der Waals surface area contributed by atoms with E-state index < -0.39 is 0 Å². The molecule has 2 N–H and O–H groups in total. The number of likely N-dealkylation sites (tertiary alicyclic amines) is 1. The van der Waals surface area contributed by atoms with E-state index in [0.29, 0.717) is 0 Å². The van der Waals surface area contributed by atoms with Gasteiger partial charge in [-0.05, 0) is 49.0 Å². The number of nitrogens with one attached hydrogen (secondary N) is 2. The van der Waals surface area contributed by atoms with E-state index in [4.69, 9.17) is 11.6 Å². The Morgan fingerprint density at radius 1 is 1.50 bits per heavy atom. The van der Waals surface area contributed by atoms with Gasteiger partial charge in [0.15, 0.2) is 0 Å². The van der Waals surface area contributed by atoms with Gasteiger partial charge in [-0.3, -0.25) is 9.62 Å². The Morgan fingerprint density at radius 3 is 3.00 bits per heavy atom. The first-order valence-electron chi connectivity index (χ1n) is 7.38. The Labute approximate surface area is 140 Å². The summed E-state index contributed by atoms with van der Waals surface area (Å²) in [6.07, 6.45) is 4.02. The van der Waals surface area contributed by atoms with Crippen molar-refractivity contribution in [1.29, 1.82) is 0 Å². The van der Waals surface area contributed by atoms with Gasteiger partial charge in [0.1, 0.15) is 0 Å². The number of benzene rings is 1. The predicted octanol–water partition coefficient (Wildman–Crippen LogP) is 3.26. The first-order valence-corrected chi connectivity index (χ1v) is 8.75. The average Bonchev–Trinajstić information content (AvgIpc) is 2.95. The van der Waals surface area contributed by atoms with Crippen LogP contribution in [0.5, 0.6) is 0 Å². The molecule has 0 saturated carbocycles. The number of amides is 2. The van der Waals surface area contributed by atoms with Crippen molar-refractivity contribution in [2.24, 2.45) is 5.10 Å². The van der Waals surface area contributed by atoms with Gasteiger partial charge >= 0.3 is 6.03 Å². The third-order valence-electron chi connectivity index (χ3n) is 3.44. The van der Waals surface area contributed by atoms with Gasteiger partial charge in [0.25, 0.3) is 0 Å². The molecule has 0 bridgehead atoms. The minimum atomic E-state index is -0.287. The van der Waals surface area contributed by atoms with E-state index in [1.807, 2.05) is 37.4 Å². The Kier molecular flexibility index (Phi) is 7.02. The fourth-order valence-corrected chi connectivity index (χ4v) is 2.83. The molecule has 22 heavy (non-hydrogen) atoms. The summed E-state index contributed by atoms with van der Waals surface area (Å²) >= 11 is 7.25. The number of carbonyl (C=O) groups excluding carboxylic acids is 1. The maximum atomic E-state index is 11.4. The Hall–Kier alpha value is -1.24. The standard InChI is InChI=1S/C15H21ClN4OS/c1-2-22-19-15(21)18-17-10-14-4-3-9-20(14)11-12-5-7-13(16)8-6-12/h5-8,10,14H,2-4,9,11H2,1H3,(H2,18,19,21)/b17-10+/t14-/m0/s1. The second-order valence-corrected chi connectivity index (χ2v) is 6.57. The van der Waals surface area contributed by atoms with Crippen LogP contribution in [-0.4, -0.2) is 35.5 Å². The summed E-state index contributed by atoms with van der Waals surface area (Å²) in [5.41, 5.74) is 3.72. The zero-order chi connectivity index (χ0) is 15.8. The summed E-state index contributed by atoms with van der Waals surface area (Å²) < 4.78 is 2.64. The van der Waals surface area contributed by atoms with Gasteiger partial charge in [0.2, 0.25) is 0 Å². The molecule has 120 valence electrons. The van der Waals surface area contributed by atoms with Gasteiger partial charge in [-0.1, -0.05) is 30.7 Å². The molecule has 2 amide bonds. The number of hydrogen-bond acceptors (Lipinski definition) is 4. The van der Waals surface area contributed by atoms with Crippen molar-refractivity contribution in [2.75, 3.05) is 12.3 Å². The second-order valence-electron chi connectivity index (χ2n) is 5.06. The highest BCUT2D eigenvalue weighted by Gasteiger charge is 2.22. The van der Waals surface area contributed by atoms with Crippen LogP contribution in [0.4, 0.5) is 4.79 Å². The molecule has 1 saturated heterocycles. The van der Waals surface area contributed by atoms with Crippen molar-refractivity contribution in [2.45, 2.75) is 32.4 Å². The van der Waals surface area contributed by atoms with E-state index in [9.17, 15) is 4.79 Å². The highest BCUT2D eigenvalue weighted by molar-refractivity contribution is 7.97. The molecular weight excluding hydrogens is 320 g/mol. The van der Waals surface area contributed by atoms with Crippen molar-refractivity contribution in [3.8, 4) is 0 Å². The number of urea groups is 1. The van der Waals surface area contributed by atoms with Crippen molar-refractivity contribution in [3.63, 3.8) is 0 Å². The fraction of sp³-hybridized carbons (Fsp3) is 0.467. The summed E-state index contributed by atoms with van der Waals surface area (Å²) in [7, 11) is 0. The van der Waals surface area contributed by atoms with Crippen molar-refractivity contribution in [1.82, 2.24) is 15.0 Å². The van der Waals surface area contributed by atoms with Gasteiger partial charge in [-0.2, -0.15) is 5.10 Å². The fourth-order valence-electron chi connectivity index (χ4n) is 2.38. The topological polar surface area (TPSA) is 56.7 Å². The first-order chi connectivity index (χ1) is 10.7. The SMILES string of the molecule is CCSNC(=O)N/N=C/[C@@H]1CCCN1Cc1ccc(Cl)cc1. The Morgan fingerprint density at radius 2 is 2.27 bits per heavy atom. The Balaban J connectivity index is 1.82. The lowest BCUT2D eigenvalue weighted by molar-refractivity contribution is 0.246. The quantitative estimate of drug-likeness (QED) is 0.475. The highest BCUT2D eigenvalue weighted by Crippen LogP contribution is 2.19. The number of halogens is 1. The van der Waals surface area contributed by atoms with E-state index in [1.165, 1.54) is 17.5 Å². The second kappa shape index (κ2) is 9.02. The predicted molar refractivity (Wildman–Crippen MR) is 93.2 cm³/mol. The monoisotopic (exact) mass is 340 g/mol. The van der Waals surface area contributed by atoms with Crippen LogP contribution < -0.4 is 10.1 Å². The molecule has 1 fully saturated rings. The lowest BCUT2D eigenvalue weighted by Gasteiger charge is -2.21. The molecule has 1 aromatic rings. The number of hydrogen-bond donors (Lipinski definition) is 2. The average molecular weight is 341 g/mol. The molecule has 1 aromatic carbocycles. The molecule has 0 unspecified atom stereocenters. The van der Waals surface area contributed by atoms with Crippen LogP contribution in [-0.2, 0) is 6.54 Å². The highest BCUT2D eigenvalue weighted by atomic mass is 35.5. The summed E-state index contributed by atoms with van der Waals surface area (Å²) in [5, 5.41) is 4.80. The smallest absolute Gasteiger partial charge is 0.291 e. The molecule has 2 rings (SSSR count). The first kappa shape index (κ1) is 17.1. The summed E-state index contributed by atoms with van der Waals surface area (Å²) in [4.78, 5) is 13.8. The lowest BCUT2D eigenvalue weighted by atomic mass is 10.2. The molecule has 0 aliphatic carbocycles. The zero-order valence-corrected chi connectivity index (χ0v) is 14.2. The van der Waals surface area contributed by atoms with Gasteiger partial charge in [-0.25, -0.2) is 10.2 Å². The minimum Gasteiger partial charge on any atom is -0.291 e. The summed E-state index contributed by atoms with van der Waals surface area (Å²) in [6.45, 7) is 3.88. The molecule has 1 aliphatic rings. The Bertz CT molecular complexity index is 509. The number of nitrogens with zero attached hydrogens (tertiary/aromatic N) is 2. The van der Waals surface area contributed by atoms with Crippen molar-refractivity contribution >= 4 is 35.8 Å². The number of hydrazone groups is 1. The largest absolute Gasteiger partial charge is 0.345 e. The van der Waals surface area contributed by atoms with E-state index in [-0.39, 0.29) is 12.1 Å². The minimum absolute atomic E-state index is 0.259. The summed E-state index contributed by atoms with van der Waals surface area (Å²) in [6, 6.07) is 7.88. The molecule has 5 nitrogen and oxygen atoms in total. The van der Waals surface area contributed by atoms with Crippen LogP contribution in [0.2, 0.25) is 5.02 Å². The van der Waals surface area contributed by atoms with E-state index in [1.54, 1.807) is 0 Å². The maximum absolute atomic E-state index is 11.4. The number of rotatable bonds is 6. The van der Waals surface area contributed by atoms with Crippen LogP contribution in [0.3, 0.4) is 0 Å². The third kappa shape index (κ3) is 5.51. The van der Waals surface area contributed by atoms with Crippen LogP contribution in [0.1, 0.15) is 25.3 Å².